The van der Waals surface area contributed by atoms with Gasteiger partial charge in [0.15, 0.2) is 0 Å². The molecule has 0 heterocycles. The number of rotatable bonds is 4. The van der Waals surface area contributed by atoms with Crippen LogP contribution in [-0.4, -0.2) is 21.5 Å². The molecule has 0 spiro atoms. The van der Waals surface area contributed by atoms with Gasteiger partial charge in [-0.05, 0) is 46.9 Å². The van der Waals surface area contributed by atoms with E-state index >= 15 is 0 Å². The predicted molar refractivity (Wildman–Crippen MR) is 63.4 cm³/mol. The van der Waals surface area contributed by atoms with Crippen LogP contribution in [0, 0.1) is 3.57 Å². The minimum Gasteiger partial charge on any atom is -0.329 e. The lowest BCUT2D eigenvalue weighted by molar-refractivity contribution is 0.582. The molecule has 0 saturated heterocycles. The molecular formula is C8H11IN2O2S. The van der Waals surface area contributed by atoms with Crippen molar-refractivity contribution in [1.29, 1.82) is 0 Å². The van der Waals surface area contributed by atoms with E-state index in [0.29, 0.717) is 6.54 Å². The minimum atomic E-state index is -3.37. The van der Waals surface area contributed by atoms with Crippen LogP contribution in [0.1, 0.15) is 0 Å². The number of benzene rings is 1. The van der Waals surface area contributed by atoms with Crippen LogP contribution in [0.2, 0.25) is 0 Å². The van der Waals surface area contributed by atoms with Gasteiger partial charge in [-0.2, -0.15) is 0 Å². The Kier molecular flexibility index (Phi) is 4.30. The average molecular weight is 326 g/mol. The first kappa shape index (κ1) is 11.9. The first-order valence-electron chi connectivity index (χ1n) is 4.01. The van der Waals surface area contributed by atoms with E-state index in [2.05, 4.69) is 27.3 Å². The second-order valence-electron chi connectivity index (χ2n) is 2.64. The van der Waals surface area contributed by atoms with Gasteiger partial charge in [-0.1, -0.05) is 0 Å². The standard InChI is InChI=1S/C8H11IN2O2S/c9-7-1-3-8(4-2-7)14(12,13)11-6-5-10/h1-4,11H,5-6,10H2. The Hall–Kier alpha value is -0.180. The molecule has 0 bridgehead atoms. The maximum atomic E-state index is 11.5. The summed E-state index contributed by atoms with van der Waals surface area (Å²) >= 11 is 2.12. The molecule has 0 unspecified atom stereocenters. The van der Waals surface area contributed by atoms with Crippen LogP contribution in [0.3, 0.4) is 0 Å². The molecule has 1 rings (SSSR count). The van der Waals surface area contributed by atoms with Crippen LogP contribution in [0.5, 0.6) is 0 Å². The zero-order valence-electron chi connectivity index (χ0n) is 7.40. The number of nitrogens with one attached hydrogen (secondary N) is 1. The first-order chi connectivity index (χ1) is 6.56. The van der Waals surface area contributed by atoms with Crippen molar-refractivity contribution in [2.24, 2.45) is 5.73 Å². The highest BCUT2D eigenvalue weighted by Crippen LogP contribution is 2.11. The van der Waals surface area contributed by atoms with Gasteiger partial charge in [0.25, 0.3) is 0 Å². The number of hydrogen-bond acceptors (Lipinski definition) is 3. The van der Waals surface area contributed by atoms with Gasteiger partial charge >= 0.3 is 0 Å². The predicted octanol–water partition coefficient (Wildman–Crippen LogP) is 0.528. The Labute approximate surface area is 97.1 Å². The normalized spacial score (nSPS) is 11.6. The maximum Gasteiger partial charge on any atom is 0.240 e. The molecule has 1 aromatic carbocycles. The quantitative estimate of drug-likeness (QED) is 0.793. The monoisotopic (exact) mass is 326 g/mol. The summed E-state index contributed by atoms with van der Waals surface area (Å²) in [5, 5.41) is 0. The third kappa shape index (κ3) is 3.19. The van der Waals surface area contributed by atoms with Crippen LogP contribution in [-0.2, 0) is 10.0 Å². The molecule has 0 aromatic heterocycles. The van der Waals surface area contributed by atoms with Gasteiger partial charge in [0.1, 0.15) is 0 Å². The largest absolute Gasteiger partial charge is 0.329 e. The van der Waals surface area contributed by atoms with E-state index in [1.54, 1.807) is 24.3 Å². The Morgan fingerprint density at radius 3 is 2.36 bits per heavy atom. The van der Waals surface area contributed by atoms with E-state index in [0.717, 1.165) is 3.57 Å². The molecule has 6 heteroatoms. The fourth-order valence-corrected chi connectivity index (χ4v) is 2.30. The molecule has 0 atom stereocenters. The second kappa shape index (κ2) is 5.06. The van der Waals surface area contributed by atoms with Crippen molar-refractivity contribution in [2.75, 3.05) is 13.1 Å². The van der Waals surface area contributed by atoms with Crippen molar-refractivity contribution in [3.8, 4) is 0 Å². The summed E-state index contributed by atoms with van der Waals surface area (Å²) < 4.78 is 26.5. The molecule has 14 heavy (non-hydrogen) atoms. The molecule has 0 aliphatic heterocycles. The van der Waals surface area contributed by atoms with E-state index in [-0.39, 0.29) is 11.4 Å². The smallest absolute Gasteiger partial charge is 0.240 e. The van der Waals surface area contributed by atoms with Gasteiger partial charge in [0.2, 0.25) is 10.0 Å². The third-order valence-corrected chi connectivity index (χ3v) is 3.76. The highest BCUT2D eigenvalue weighted by molar-refractivity contribution is 14.1. The molecule has 3 N–H and O–H groups in total. The summed E-state index contributed by atoms with van der Waals surface area (Å²) in [4.78, 5) is 0.270. The number of sulfonamides is 1. The summed E-state index contributed by atoms with van der Waals surface area (Å²) in [6, 6.07) is 6.64. The van der Waals surface area contributed by atoms with Crippen molar-refractivity contribution in [1.82, 2.24) is 4.72 Å². The molecule has 0 fully saturated rings. The van der Waals surface area contributed by atoms with Gasteiger partial charge in [-0.3, -0.25) is 0 Å². The van der Waals surface area contributed by atoms with Gasteiger partial charge in [-0.25, -0.2) is 13.1 Å². The fraction of sp³-hybridized carbons (Fsp3) is 0.250. The molecule has 4 nitrogen and oxygen atoms in total. The van der Waals surface area contributed by atoms with Gasteiger partial charge in [0.05, 0.1) is 4.90 Å². The van der Waals surface area contributed by atoms with E-state index in [9.17, 15) is 8.42 Å². The van der Waals surface area contributed by atoms with E-state index < -0.39 is 10.0 Å². The number of nitrogens with two attached hydrogens (primary N) is 1. The topological polar surface area (TPSA) is 72.2 Å². The molecule has 78 valence electrons. The Morgan fingerprint density at radius 2 is 1.86 bits per heavy atom. The Bertz CT molecular complexity index is 388. The summed E-state index contributed by atoms with van der Waals surface area (Å²) in [5.74, 6) is 0. The van der Waals surface area contributed by atoms with Crippen LogP contribution in [0.25, 0.3) is 0 Å². The van der Waals surface area contributed by atoms with Crippen molar-refractivity contribution >= 4 is 32.6 Å². The van der Waals surface area contributed by atoms with Crippen LogP contribution >= 0.6 is 22.6 Å². The van der Waals surface area contributed by atoms with Crippen molar-refractivity contribution in [2.45, 2.75) is 4.90 Å². The molecular weight excluding hydrogens is 315 g/mol. The Morgan fingerprint density at radius 1 is 1.29 bits per heavy atom. The van der Waals surface area contributed by atoms with Gasteiger partial charge in [0, 0.05) is 16.7 Å². The van der Waals surface area contributed by atoms with E-state index in [1.165, 1.54) is 0 Å². The fourth-order valence-electron chi connectivity index (χ4n) is 0.890. The lowest BCUT2D eigenvalue weighted by atomic mass is 10.4. The summed E-state index contributed by atoms with van der Waals surface area (Å²) in [6.07, 6.45) is 0. The van der Waals surface area contributed by atoms with Crippen molar-refractivity contribution in [3.05, 3.63) is 27.8 Å². The lowest BCUT2D eigenvalue weighted by Gasteiger charge is -2.04. The lowest BCUT2D eigenvalue weighted by Crippen LogP contribution is -2.29. The van der Waals surface area contributed by atoms with Crippen LogP contribution in [0.15, 0.2) is 29.2 Å². The molecule has 0 aliphatic rings. The zero-order chi connectivity index (χ0) is 10.6. The van der Waals surface area contributed by atoms with E-state index in [4.69, 9.17) is 5.73 Å². The molecule has 0 radical (unpaired) electrons. The van der Waals surface area contributed by atoms with Gasteiger partial charge in [-0.15, -0.1) is 0 Å². The second-order valence-corrected chi connectivity index (χ2v) is 5.65. The van der Waals surface area contributed by atoms with Crippen molar-refractivity contribution in [3.63, 3.8) is 0 Å². The molecule has 0 aliphatic carbocycles. The van der Waals surface area contributed by atoms with Crippen LogP contribution in [0.4, 0.5) is 0 Å². The summed E-state index contributed by atoms with van der Waals surface area (Å²) in [6.45, 7) is 0.553. The Balaban J connectivity index is 2.87. The molecule has 0 saturated carbocycles. The highest BCUT2D eigenvalue weighted by atomic mass is 127. The number of hydrogen-bond donors (Lipinski definition) is 2. The number of halogens is 1. The third-order valence-electron chi connectivity index (χ3n) is 1.56. The maximum absolute atomic E-state index is 11.5. The summed E-state index contributed by atoms with van der Waals surface area (Å²) in [7, 11) is -3.37. The first-order valence-corrected chi connectivity index (χ1v) is 6.58. The van der Waals surface area contributed by atoms with Crippen LogP contribution < -0.4 is 10.5 Å². The van der Waals surface area contributed by atoms with E-state index in [1.807, 2.05) is 0 Å². The average Bonchev–Trinajstić information content (AvgIpc) is 2.16. The van der Waals surface area contributed by atoms with Crippen molar-refractivity contribution < 1.29 is 8.42 Å². The molecule has 1 aromatic rings. The zero-order valence-corrected chi connectivity index (χ0v) is 10.4. The summed E-state index contributed by atoms with van der Waals surface area (Å²) in [5.41, 5.74) is 5.21. The van der Waals surface area contributed by atoms with Gasteiger partial charge < -0.3 is 5.73 Å². The molecule has 0 amide bonds. The SMILES string of the molecule is NCCNS(=O)(=O)c1ccc(I)cc1. The minimum absolute atomic E-state index is 0.258. The highest BCUT2D eigenvalue weighted by Gasteiger charge is 2.11.